The molecule has 0 atom stereocenters. The molecule has 21 heavy (non-hydrogen) atoms. The van der Waals surface area contributed by atoms with Crippen molar-refractivity contribution < 1.29 is 5.11 Å². The molecule has 2 aromatic carbocycles. The van der Waals surface area contributed by atoms with E-state index in [2.05, 4.69) is 15.5 Å². The maximum atomic E-state index is 9.44. The molecule has 0 unspecified atom stereocenters. The van der Waals surface area contributed by atoms with Crippen LogP contribution in [0.1, 0.15) is 5.56 Å². The van der Waals surface area contributed by atoms with E-state index in [0.29, 0.717) is 11.5 Å². The highest BCUT2D eigenvalue weighted by Crippen LogP contribution is 2.14. The highest BCUT2D eigenvalue weighted by atomic mass is 16.3. The van der Waals surface area contributed by atoms with E-state index < -0.39 is 0 Å². The summed E-state index contributed by atoms with van der Waals surface area (Å²) in [6.45, 7) is -0.134. The number of fused-ring (bicyclic) bond motifs is 1. The molecule has 0 amide bonds. The Balaban J connectivity index is 1.85. The van der Waals surface area contributed by atoms with Gasteiger partial charge in [-0.1, -0.05) is 48.5 Å². The van der Waals surface area contributed by atoms with Gasteiger partial charge in [0.25, 0.3) is 0 Å². The van der Waals surface area contributed by atoms with E-state index in [-0.39, 0.29) is 6.61 Å². The van der Waals surface area contributed by atoms with Crippen LogP contribution in [-0.2, 0) is 0 Å². The van der Waals surface area contributed by atoms with E-state index in [1.54, 1.807) is 0 Å². The number of hydrogen-bond acceptors (Lipinski definition) is 4. The molecule has 0 saturated heterocycles. The van der Waals surface area contributed by atoms with Crippen molar-refractivity contribution in [2.75, 3.05) is 12.0 Å². The first-order valence-electron chi connectivity index (χ1n) is 6.71. The summed E-state index contributed by atoms with van der Waals surface area (Å²) in [6.07, 6.45) is 0. The van der Waals surface area contributed by atoms with Crippen LogP contribution in [0, 0.1) is 0 Å². The van der Waals surface area contributed by atoms with Crippen LogP contribution in [0.2, 0.25) is 0 Å². The Morgan fingerprint density at radius 1 is 0.952 bits per heavy atom. The largest absolute Gasteiger partial charge is 0.390 e. The van der Waals surface area contributed by atoms with E-state index in [4.69, 9.17) is 0 Å². The SMILES string of the molecule is OC/C(=N\Nc1ccc2ccccc2n1)c1ccccc1. The number of pyridine rings is 1. The minimum atomic E-state index is -0.134. The van der Waals surface area contributed by atoms with Crippen molar-refractivity contribution in [3.8, 4) is 0 Å². The third kappa shape index (κ3) is 3.07. The molecular weight excluding hydrogens is 262 g/mol. The second kappa shape index (κ2) is 6.15. The van der Waals surface area contributed by atoms with Crippen molar-refractivity contribution in [3.63, 3.8) is 0 Å². The quantitative estimate of drug-likeness (QED) is 0.569. The first kappa shape index (κ1) is 13.3. The molecule has 0 fully saturated rings. The number of anilines is 1. The van der Waals surface area contributed by atoms with Gasteiger partial charge in [0.15, 0.2) is 0 Å². The third-order valence-electron chi connectivity index (χ3n) is 3.16. The highest BCUT2D eigenvalue weighted by Gasteiger charge is 2.02. The van der Waals surface area contributed by atoms with Gasteiger partial charge in [-0.2, -0.15) is 5.10 Å². The van der Waals surface area contributed by atoms with E-state index >= 15 is 0 Å². The molecule has 3 rings (SSSR count). The van der Waals surface area contributed by atoms with Crippen molar-refractivity contribution >= 4 is 22.4 Å². The molecule has 4 nitrogen and oxygen atoms in total. The smallest absolute Gasteiger partial charge is 0.146 e. The van der Waals surface area contributed by atoms with E-state index in [0.717, 1.165) is 16.5 Å². The Bertz CT molecular complexity index is 769. The fourth-order valence-electron chi connectivity index (χ4n) is 2.07. The van der Waals surface area contributed by atoms with Gasteiger partial charge in [-0.05, 0) is 18.2 Å². The second-order valence-corrected chi connectivity index (χ2v) is 4.58. The summed E-state index contributed by atoms with van der Waals surface area (Å²) in [5.74, 6) is 0.649. The van der Waals surface area contributed by atoms with Crippen molar-refractivity contribution in [1.29, 1.82) is 0 Å². The Kier molecular flexibility index (Phi) is 3.89. The van der Waals surface area contributed by atoms with Crippen LogP contribution in [0.15, 0.2) is 71.8 Å². The second-order valence-electron chi connectivity index (χ2n) is 4.58. The summed E-state index contributed by atoms with van der Waals surface area (Å²) in [5.41, 5.74) is 5.27. The van der Waals surface area contributed by atoms with Crippen molar-refractivity contribution in [3.05, 3.63) is 72.3 Å². The lowest BCUT2D eigenvalue weighted by Gasteiger charge is -2.05. The monoisotopic (exact) mass is 277 g/mol. The number of hydrazone groups is 1. The lowest BCUT2D eigenvalue weighted by atomic mass is 10.1. The van der Waals surface area contributed by atoms with Gasteiger partial charge in [0.05, 0.1) is 17.8 Å². The first-order chi connectivity index (χ1) is 10.4. The molecule has 1 aromatic heterocycles. The van der Waals surface area contributed by atoms with Gasteiger partial charge in [-0.15, -0.1) is 0 Å². The molecule has 1 heterocycles. The third-order valence-corrected chi connectivity index (χ3v) is 3.16. The minimum Gasteiger partial charge on any atom is -0.390 e. The Hall–Kier alpha value is -2.72. The van der Waals surface area contributed by atoms with E-state index in [9.17, 15) is 5.11 Å². The van der Waals surface area contributed by atoms with Crippen molar-refractivity contribution in [2.45, 2.75) is 0 Å². The van der Waals surface area contributed by atoms with Gasteiger partial charge in [0, 0.05) is 10.9 Å². The molecule has 0 aliphatic carbocycles. The van der Waals surface area contributed by atoms with Gasteiger partial charge in [0.2, 0.25) is 0 Å². The predicted octanol–water partition coefficient (Wildman–Crippen LogP) is 3.04. The lowest BCUT2D eigenvalue weighted by molar-refractivity contribution is 0.357. The van der Waals surface area contributed by atoms with Gasteiger partial charge in [-0.3, -0.25) is 5.43 Å². The van der Waals surface area contributed by atoms with Gasteiger partial charge in [-0.25, -0.2) is 4.98 Å². The van der Waals surface area contributed by atoms with Crippen LogP contribution < -0.4 is 5.43 Å². The zero-order valence-corrected chi connectivity index (χ0v) is 11.4. The fourth-order valence-corrected chi connectivity index (χ4v) is 2.07. The molecule has 0 radical (unpaired) electrons. The topological polar surface area (TPSA) is 57.5 Å². The minimum absolute atomic E-state index is 0.134. The maximum Gasteiger partial charge on any atom is 0.146 e. The molecular formula is C17H15N3O. The lowest BCUT2D eigenvalue weighted by Crippen LogP contribution is -2.09. The summed E-state index contributed by atoms with van der Waals surface area (Å²) in [7, 11) is 0. The van der Waals surface area contributed by atoms with E-state index in [1.807, 2.05) is 66.7 Å². The number of nitrogens with one attached hydrogen (secondary N) is 1. The van der Waals surface area contributed by atoms with Crippen LogP contribution in [0.3, 0.4) is 0 Å². The number of para-hydroxylation sites is 1. The van der Waals surface area contributed by atoms with Crippen LogP contribution in [-0.4, -0.2) is 22.4 Å². The molecule has 104 valence electrons. The fraction of sp³-hybridized carbons (Fsp3) is 0.0588. The number of rotatable bonds is 4. The molecule has 0 aliphatic rings. The Labute approximate surface area is 122 Å². The van der Waals surface area contributed by atoms with Crippen molar-refractivity contribution in [2.24, 2.45) is 5.10 Å². The number of aliphatic hydroxyl groups excluding tert-OH is 1. The maximum absolute atomic E-state index is 9.44. The first-order valence-corrected chi connectivity index (χ1v) is 6.71. The molecule has 3 aromatic rings. The number of nitrogens with zero attached hydrogens (tertiary/aromatic N) is 2. The van der Waals surface area contributed by atoms with Crippen LogP contribution in [0.25, 0.3) is 10.9 Å². The summed E-state index contributed by atoms with van der Waals surface area (Å²) >= 11 is 0. The number of aromatic nitrogens is 1. The summed E-state index contributed by atoms with van der Waals surface area (Å²) < 4.78 is 0. The summed E-state index contributed by atoms with van der Waals surface area (Å²) in [5, 5.41) is 14.8. The summed E-state index contributed by atoms with van der Waals surface area (Å²) in [6, 6.07) is 21.3. The molecule has 0 spiro atoms. The average Bonchev–Trinajstić information content (AvgIpc) is 2.56. The molecule has 0 saturated carbocycles. The standard InChI is InChI=1S/C17H15N3O/c21-12-16(13-6-2-1-3-7-13)19-20-17-11-10-14-8-4-5-9-15(14)18-17/h1-11,21H,12H2,(H,18,20)/b19-16+. The number of benzene rings is 2. The average molecular weight is 277 g/mol. The Morgan fingerprint density at radius 2 is 1.71 bits per heavy atom. The molecule has 2 N–H and O–H groups in total. The van der Waals surface area contributed by atoms with Crippen LogP contribution >= 0.6 is 0 Å². The van der Waals surface area contributed by atoms with Gasteiger partial charge < -0.3 is 5.11 Å². The van der Waals surface area contributed by atoms with Crippen molar-refractivity contribution in [1.82, 2.24) is 4.98 Å². The molecule has 4 heteroatoms. The normalized spacial score (nSPS) is 11.6. The highest BCUT2D eigenvalue weighted by molar-refractivity contribution is 6.01. The van der Waals surface area contributed by atoms with Gasteiger partial charge >= 0.3 is 0 Å². The Morgan fingerprint density at radius 3 is 2.52 bits per heavy atom. The molecule has 0 aliphatic heterocycles. The number of hydrogen-bond donors (Lipinski definition) is 2. The van der Waals surface area contributed by atoms with Gasteiger partial charge in [0.1, 0.15) is 5.82 Å². The van der Waals surface area contributed by atoms with E-state index in [1.165, 1.54) is 0 Å². The predicted molar refractivity (Wildman–Crippen MR) is 85.4 cm³/mol. The zero-order chi connectivity index (χ0) is 14.5. The van der Waals surface area contributed by atoms with Crippen LogP contribution in [0.4, 0.5) is 5.82 Å². The van der Waals surface area contributed by atoms with Crippen LogP contribution in [0.5, 0.6) is 0 Å². The number of aliphatic hydroxyl groups is 1. The zero-order valence-electron chi connectivity index (χ0n) is 11.4. The summed E-state index contributed by atoms with van der Waals surface area (Å²) in [4.78, 5) is 4.48. The molecule has 0 bridgehead atoms.